The zero-order chi connectivity index (χ0) is 14.3. The van der Waals surface area contributed by atoms with E-state index in [-0.39, 0.29) is 5.91 Å². The molecule has 20 heavy (non-hydrogen) atoms. The summed E-state index contributed by atoms with van der Waals surface area (Å²) in [6.07, 6.45) is 0.907. The van der Waals surface area contributed by atoms with Gasteiger partial charge >= 0.3 is 0 Å². The highest BCUT2D eigenvalue weighted by Crippen LogP contribution is 2.33. The van der Waals surface area contributed by atoms with Gasteiger partial charge in [0.25, 0.3) is 0 Å². The lowest BCUT2D eigenvalue weighted by Crippen LogP contribution is -2.25. The van der Waals surface area contributed by atoms with E-state index in [0.717, 1.165) is 35.5 Å². The van der Waals surface area contributed by atoms with Crippen LogP contribution >= 0.6 is 0 Å². The van der Waals surface area contributed by atoms with Gasteiger partial charge in [-0.1, -0.05) is 6.07 Å². The van der Waals surface area contributed by atoms with Crippen LogP contribution in [0.15, 0.2) is 30.3 Å². The highest BCUT2D eigenvalue weighted by Gasteiger charge is 2.22. The van der Waals surface area contributed by atoms with E-state index >= 15 is 0 Å². The molecule has 0 saturated carbocycles. The summed E-state index contributed by atoms with van der Waals surface area (Å²) >= 11 is 0. The summed E-state index contributed by atoms with van der Waals surface area (Å²) in [5, 5.41) is 0. The van der Waals surface area contributed by atoms with Crippen molar-refractivity contribution < 1.29 is 4.79 Å². The predicted octanol–water partition coefficient (Wildman–Crippen LogP) is 2.55. The van der Waals surface area contributed by atoms with E-state index in [9.17, 15) is 4.79 Å². The first-order valence-electron chi connectivity index (χ1n) is 6.71. The molecule has 4 nitrogen and oxygen atoms in total. The number of fused-ring (bicyclic) bond motifs is 1. The maximum Gasteiger partial charge on any atom is 0.223 e. The molecule has 0 fully saturated rings. The predicted molar refractivity (Wildman–Crippen MR) is 80.6 cm³/mol. The number of hydrogen-bond donors (Lipinski definition) is 1. The number of rotatable bonds is 1. The van der Waals surface area contributed by atoms with Crippen molar-refractivity contribution in [2.75, 3.05) is 17.2 Å². The van der Waals surface area contributed by atoms with E-state index in [0.29, 0.717) is 5.82 Å². The lowest BCUT2D eigenvalue weighted by molar-refractivity contribution is -0.116. The van der Waals surface area contributed by atoms with Crippen molar-refractivity contribution in [1.82, 2.24) is 4.98 Å². The smallest absolute Gasteiger partial charge is 0.223 e. The monoisotopic (exact) mass is 267 g/mol. The zero-order valence-electron chi connectivity index (χ0n) is 11.7. The van der Waals surface area contributed by atoms with Crippen LogP contribution in [0.25, 0.3) is 11.1 Å². The van der Waals surface area contributed by atoms with Crippen molar-refractivity contribution >= 4 is 17.4 Å². The number of aryl methyl sites for hydroxylation is 1. The van der Waals surface area contributed by atoms with Crippen LogP contribution < -0.4 is 10.6 Å². The molecule has 1 aliphatic heterocycles. The maximum atomic E-state index is 11.6. The molecule has 2 aromatic rings. The van der Waals surface area contributed by atoms with Crippen LogP contribution in [-0.4, -0.2) is 17.4 Å². The number of nitrogens with zero attached hydrogens (tertiary/aromatic N) is 2. The number of nitrogens with two attached hydrogens (primary N) is 1. The molecule has 4 heteroatoms. The molecule has 0 spiro atoms. The van der Waals surface area contributed by atoms with E-state index in [1.54, 1.807) is 6.92 Å². The Kier molecular flexibility index (Phi) is 2.93. The first-order chi connectivity index (χ1) is 9.56. The summed E-state index contributed by atoms with van der Waals surface area (Å²) in [4.78, 5) is 17.7. The SMILES string of the molecule is CC(=O)N1CCc2cc(-c3ccc(N)nc3C)ccc21. The topological polar surface area (TPSA) is 59.2 Å². The second-order valence-corrected chi connectivity index (χ2v) is 5.13. The Balaban J connectivity index is 2.04. The van der Waals surface area contributed by atoms with Crippen molar-refractivity contribution in [3.8, 4) is 11.1 Å². The summed E-state index contributed by atoms with van der Waals surface area (Å²) in [6, 6.07) is 10.0. The molecule has 3 rings (SSSR count). The molecule has 2 N–H and O–H groups in total. The number of pyridine rings is 1. The van der Waals surface area contributed by atoms with Gasteiger partial charge in [-0.3, -0.25) is 4.79 Å². The number of aromatic nitrogens is 1. The van der Waals surface area contributed by atoms with Crippen molar-refractivity contribution in [3.63, 3.8) is 0 Å². The Bertz CT molecular complexity index is 694. The molecule has 0 saturated heterocycles. The Labute approximate surface area is 118 Å². The van der Waals surface area contributed by atoms with Crippen LogP contribution in [0.1, 0.15) is 18.2 Å². The normalized spacial score (nSPS) is 13.4. The summed E-state index contributed by atoms with van der Waals surface area (Å²) in [5.74, 6) is 0.636. The molecule has 1 aromatic heterocycles. The average Bonchev–Trinajstić information content (AvgIpc) is 2.81. The maximum absolute atomic E-state index is 11.6. The average molecular weight is 267 g/mol. The Morgan fingerprint density at radius 3 is 2.80 bits per heavy atom. The van der Waals surface area contributed by atoms with Crippen LogP contribution in [-0.2, 0) is 11.2 Å². The molecular formula is C16H17N3O. The second kappa shape index (κ2) is 4.63. The molecular weight excluding hydrogens is 250 g/mol. The molecule has 0 aliphatic carbocycles. The van der Waals surface area contributed by atoms with Crippen molar-refractivity contribution in [3.05, 3.63) is 41.6 Å². The second-order valence-electron chi connectivity index (χ2n) is 5.13. The van der Waals surface area contributed by atoms with Crippen LogP contribution in [0.2, 0.25) is 0 Å². The van der Waals surface area contributed by atoms with Crippen LogP contribution in [0, 0.1) is 6.92 Å². The molecule has 0 unspecified atom stereocenters. The third-order valence-electron chi connectivity index (χ3n) is 3.77. The molecule has 1 aromatic carbocycles. The Hall–Kier alpha value is -2.36. The summed E-state index contributed by atoms with van der Waals surface area (Å²) in [7, 11) is 0. The lowest BCUT2D eigenvalue weighted by atomic mass is 10.0. The number of benzene rings is 1. The van der Waals surface area contributed by atoms with E-state index in [2.05, 4.69) is 11.1 Å². The zero-order valence-corrected chi connectivity index (χ0v) is 11.7. The fourth-order valence-corrected chi connectivity index (χ4v) is 2.78. The van der Waals surface area contributed by atoms with E-state index in [1.807, 2.05) is 36.1 Å². The van der Waals surface area contributed by atoms with Gasteiger partial charge in [0, 0.05) is 30.4 Å². The third kappa shape index (κ3) is 2.03. The summed E-state index contributed by atoms with van der Waals surface area (Å²) in [5.41, 5.74) is 11.1. The number of carbonyl (C=O) groups is 1. The highest BCUT2D eigenvalue weighted by molar-refractivity contribution is 5.94. The lowest BCUT2D eigenvalue weighted by Gasteiger charge is -2.15. The fraction of sp³-hybridized carbons (Fsp3) is 0.250. The van der Waals surface area contributed by atoms with Gasteiger partial charge in [-0.15, -0.1) is 0 Å². The standard InChI is InChI=1S/C16H17N3O/c1-10-14(4-6-16(17)18-10)12-3-5-15-13(9-12)7-8-19(15)11(2)20/h3-6,9H,7-8H2,1-2H3,(H2,17,18). The van der Waals surface area contributed by atoms with Crippen LogP contribution in [0.3, 0.4) is 0 Å². The Morgan fingerprint density at radius 2 is 2.10 bits per heavy atom. The van der Waals surface area contributed by atoms with E-state index in [1.165, 1.54) is 5.56 Å². The quantitative estimate of drug-likeness (QED) is 0.863. The minimum Gasteiger partial charge on any atom is -0.384 e. The highest BCUT2D eigenvalue weighted by atomic mass is 16.2. The van der Waals surface area contributed by atoms with Gasteiger partial charge in [-0.05, 0) is 48.7 Å². The molecule has 1 aliphatic rings. The summed E-state index contributed by atoms with van der Waals surface area (Å²) < 4.78 is 0. The third-order valence-corrected chi connectivity index (χ3v) is 3.77. The van der Waals surface area contributed by atoms with Gasteiger partial charge in [-0.25, -0.2) is 4.98 Å². The van der Waals surface area contributed by atoms with E-state index in [4.69, 9.17) is 5.73 Å². The van der Waals surface area contributed by atoms with Gasteiger partial charge in [0.05, 0.1) is 0 Å². The van der Waals surface area contributed by atoms with Gasteiger partial charge in [0.1, 0.15) is 5.82 Å². The fourth-order valence-electron chi connectivity index (χ4n) is 2.78. The molecule has 0 bridgehead atoms. The number of amides is 1. The minimum atomic E-state index is 0.0989. The first-order valence-corrected chi connectivity index (χ1v) is 6.71. The van der Waals surface area contributed by atoms with Crippen molar-refractivity contribution in [2.24, 2.45) is 0 Å². The van der Waals surface area contributed by atoms with E-state index < -0.39 is 0 Å². The van der Waals surface area contributed by atoms with Gasteiger partial charge in [0.15, 0.2) is 0 Å². The molecule has 1 amide bonds. The Morgan fingerprint density at radius 1 is 1.30 bits per heavy atom. The van der Waals surface area contributed by atoms with Gasteiger partial charge in [0.2, 0.25) is 5.91 Å². The van der Waals surface area contributed by atoms with Gasteiger partial charge in [-0.2, -0.15) is 0 Å². The molecule has 0 atom stereocenters. The van der Waals surface area contributed by atoms with Crippen molar-refractivity contribution in [2.45, 2.75) is 20.3 Å². The largest absolute Gasteiger partial charge is 0.384 e. The first kappa shape index (κ1) is 12.7. The van der Waals surface area contributed by atoms with Crippen LogP contribution in [0.4, 0.5) is 11.5 Å². The number of hydrogen-bond acceptors (Lipinski definition) is 3. The van der Waals surface area contributed by atoms with Crippen LogP contribution in [0.5, 0.6) is 0 Å². The van der Waals surface area contributed by atoms with Gasteiger partial charge < -0.3 is 10.6 Å². The molecule has 0 radical (unpaired) electrons. The number of anilines is 2. The van der Waals surface area contributed by atoms with Crippen molar-refractivity contribution in [1.29, 1.82) is 0 Å². The number of nitrogen functional groups attached to an aromatic ring is 1. The minimum absolute atomic E-state index is 0.0989. The summed E-state index contributed by atoms with van der Waals surface area (Å²) in [6.45, 7) is 4.34. The molecule has 102 valence electrons. The number of carbonyl (C=O) groups excluding carboxylic acids is 1. The molecule has 2 heterocycles.